The number of ether oxygens (including phenoxy) is 1. The summed E-state index contributed by atoms with van der Waals surface area (Å²) in [5.41, 5.74) is 4.65. The first-order valence-corrected chi connectivity index (χ1v) is 8.25. The predicted molar refractivity (Wildman–Crippen MR) is 95.9 cm³/mol. The Bertz CT molecular complexity index is 858. The largest absolute Gasteiger partial charge is 0.504 e. The van der Waals surface area contributed by atoms with Gasteiger partial charge in [0, 0.05) is 13.6 Å². The van der Waals surface area contributed by atoms with Gasteiger partial charge in [0.05, 0.1) is 17.3 Å². The number of phenols is 1. The Kier molecular flexibility index (Phi) is 4.13. The number of hydrogen-bond acceptors (Lipinski definition) is 5. The molecule has 0 fully saturated rings. The molecule has 0 atom stereocenters. The second-order valence-corrected chi connectivity index (χ2v) is 6.72. The highest BCUT2D eigenvalue weighted by Crippen LogP contribution is 2.33. The number of methoxy groups -OCH3 is 1. The number of aryl methyl sites for hydroxylation is 2. The molecular formula is C18H20N2O2S. The fraction of sp³-hybridized carbons (Fsp3) is 0.278. The lowest BCUT2D eigenvalue weighted by Crippen LogP contribution is -2.16. The van der Waals surface area contributed by atoms with Gasteiger partial charge in [0.25, 0.3) is 0 Å². The first kappa shape index (κ1) is 15.6. The summed E-state index contributed by atoms with van der Waals surface area (Å²) in [7, 11) is 3.58. The van der Waals surface area contributed by atoms with Crippen molar-refractivity contribution in [3.63, 3.8) is 0 Å². The van der Waals surface area contributed by atoms with Gasteiger partial charge in [-0.1, -0.05) is 23.5 Å². The van der Waals surface area contributed by atoms with Crippen molar-refractivity contribution in [2.75, 3.05) is 19.1 Å². The monoisotopic (exact) mass is 328 g/mol. The average molecular weight is 328 g/mol. The maximum Gasteiger partial charge on any atom is 0.186 e. The lowest BCUT2D eigenvalue weighted by atomic mass is 10.1. The molecule has 0 spiro atoms. The van der Waals surface area contributed by atoms with Gasteiger partial charge < -0.3 is 14.7 Å². The zero-order valence-electron chi connectivity index (χ0n) is 13.8. The van der Waals surface area contributed by atoms with Crippen LogP contribution in [0.2, 0.25) is 0 Å². The van der Waals surface area contributed by atoms with E-state index in [-0.39, 0.29) is 5.75 Å². The molecule has 0 saturated heterocycles. The number of hydrogen-bond donors (Lipinski definition) is 1. The highest BCUT2D eigenvalue weighted by molar-refractivity contribution is 7.22. The minimum Gasteiger partial charge on any atom is -0.504 e. The van der Waals surface area contributed by atoms with E-state index in [9.17, 15) is 5.11 Å². The molecule has 0 bridgehead atoms. The van der Waals surface area contributed by atoms with Crippen LogP contribution in [0.25, 0.3) is 10.2 Å². The van der Waals surface area contributed by atoms with Crippen molar-refractivity contribution in [1.82, 2.24) is 4.98 Å². The SMILES string of the molecule is COc1cc(CN(C)c2nc3c(C)c(C)ccc3s2)ccc1O. The van der Waals surface area contributed by atoms with E-state index in [1.54, 1.807) is 24.5 Å². The van der Waals surface area contributed by atoms with Crippen molar-refractivity contribution in [3.05, 3.63) is 47.0 Å². The number of phenolic OH excluding ortho intramolecular Hbond substituents is 1. The molecule has 3 rings (SSSR count). The summed E-state index contributed by atoms with van der Waals surface area (Å²) < 4.78 is 6.37. The van der Waals surface area contributed by atoms with E-state index in [2.05, 4.69) is 30.9 Å². The highest BCUT2D eigenvalue weighted by atomic mass is 32.1. The molecule has 1 aromatic heterocycles. The molecule has 4 nitrogen and oxygen atoms in total. The maximum absolute atomic E-state index is 9.69. The summed E-state index contributed by atoms with van der Waals surface area (Å²) in [6.07, 6.45) is 0. The number of aromatic hydroxyl groups is 1. The Morgan fingerprint density at radius 3 is 2.74 bits per heavy atom. The molecule has 5 heteroatoms. The Labute approximate surface area is 140 Å². The number of rotatable bonds is 4. The van der Waals surface area contributed by atoms with Crippen molar-refractivity contribution in [2.24, 2.45) is 0 Å². The van der Waals surface area contributed by atoms with Crippen molar-refractivity contribution < 1.29 is 9.84 Å². The topological polar surface area (TPSA) is 45.6 Å². The summed E-state index contributed by atoms with van der Waals surface area (Å²) in [5.74, 6) is 0.650. The Hall–Kier alpha value is -2.27. The van der Waals surface area contributed by atoms with Gasteiger partial charge >= 0.3 is 0 Å². The molecule has 3 aromatic rings. The van der Waals surface area contributed by atoms with Gasteiger partial charge in [0.1, 0.15) is 0 Å². The lowest BCUT2D eigenvalue weighted by Gasteiger charge is -2.16. The van der Waals surface area contributed by atoms with Crippen molar-refractivity contribution in [3.8, 4) is 11.5 Å². The predicted octanol–water partition coefficient (Wildman–Crippen LogP) is 4.26. The molecule has 1 heterocycles. The minimum atomic E-state index is 0.157. The number of thiazole rings is 1. The third kappa shape index (κ3) is 2.97. The van der Waals surface area contributed by atoms with Crippen molar-refractivity contribution in [1.29, 1.82) is 0 Å². The molecule has 0 saturated carbocycles. The van der Waals surface area contributed by atoms with E-state index in [0.29, 0.717) is 12.3 Å². The molecule has 23 heavy (non-hydrogen) atoms. The maximum atomic E-state index is 9.69. The summed E-state index contributed by atoms with van der Waals surface area (Å²) in [6, 6.07) is 9.69. The van der Waals surface area contributed by atoms with Gasteiger partial charge in [-0.05, 0) is 48.7 Å². The van der Waals surface area contributed by atoms with Crippen LogP contribution in [-0.2, 0) is 6.54 Å². The van der Waals surface area contributed by atoms with Gasteiger partial charge in [-0.25, -0.2) is 4.98 Å². The standard InChI is InChI=1S/C18H20N2O2S/c1-11-5-8-16-17(12(11)2)19-18(23-16)20(3)10-13-6-7-14(21)15(9-13)22-4/h5-9,21H,10H2,1-4H3. The summed E-state index contributed by atoms with van der Waals surface area (Å²) in [5, 5.41) is 10.7. The van der Waals surface area contributed by atoms with Gasteiger partial charge in [0.2, 0.25) is 0 Å². The molecule has 0 radical (unpaired) electrons. The van der Waals surface area contributed by atoms with E-state index >= 15 is 0 Å². The molecule has 2 aromatic carbocycles. The highest BCUT2D eigenvalue weighted by Gasteiger charge is 2.12. The Morgan fingerprint density at radius 2 is 2.00 bits per heavy atom. The lowest BCUT2D eigenvalue weighted by molar-refractivity contribution is 0.373. The first-order valence-electron chi connectivity index (χ1n) is 7.43. The quantitative estimate of drug-likeness (QED) is 0.777. The summed E-state index contributed by atoms with van der Waals surface area (Å²) in [4.78, 5) is 6.91. The number of benzene rings is 2. The van der Waals surface area contributed by atoms with Crippen LogP contribution in [-0.4, -0.2) is 24.2 Å². The first-order chi connectivity index (χ1) is 11.0. The second-order valence-electron chi connectivity index (χ2n) is 5.71. The average Bonchev–Trinajstić information content (AvgIpc) is 2.98. The van der Waals surface area contributed by atoms with Crippen LogP contribution >= 0.6 is 11.3 Å². The Balaban J connectivity index is 1.88. The number of anilines is 1. The summed E-state index contributed by atoms with van der Waals surface area (Å²) >= 11 is 1.69. The number of aromatic nitrogens is 1. The van der Waals surface area contributed by atoms with Gasteiger partial charge in [-0.3, -0.25) is 0 Å². The van der Waals surface area contributed by atoms with Gasteiger partial charge in [-0.15, -0.1) is 0 Å². The van der Waals surface area contributed by atoms with Crippen LogP contribution in [0.4, 0.5) is 5.13 Å². The van der Waals surface area contributed by atoms with E-state index < -0.39 is 0 Å². The number of fused-ring (bicyclic) bond motifs is 1. The zero-order chi connectivity index (χ0) is 16.6. The fourth-order valence-electron chi connectivity index (χ4n) is 2.54. The van der Waals surface area contributed by atoms with Crippen LogP contribution in [0.1, 0.15) is 16.7 Å². The van der Waals surface area contributed by atoms with Crippen LogP contribution < -0.4 is 9.64 Å². The number of nitrogens with zero attached hydrogens (tertiary/aromatic N) is 2. The van der Waals surface area contributed by atoms with Crippen LogP contribution in [0.5, 0.6) is 11.5 Å². The molecule has 0 amide bonds. The van der Waals surface area contributed by atoms with Gasteiger partial charge in [-0.2, -0.15) is 0 Å². The molecule has 0 aliphatic heterocycles. The summed E-state index contributed by atoms with van der Waals surface area (Å²) in [6.45, 7) is 4.93. The van der Waals surface area contributed by atoms with E-state index in [0.717, 1.165) is 16.2 Å². The molecular weight excluding hydrogens is 308 g/mol. The van der Waals surface area contributed by atoms with Crippen LogP contribution in [0.15, 0.2) is 30.3 Å². The van der Waals surface area contributed by atoms with Crippen LogP contribution in [0, 0.1) is 13.8 Å². The molecule has 0 aliphatic carbocycles. The smallest absolute Gasteiger partial charge is 0.186 e. The van der Waals surface area contributed by atoms with E-state index in [1.165, 1.54) is 15.8 Å². The van der Waals surface area contributed by atoms with E-state index in [4.69, 9.17) is 9.72 Å². The Morgan fingerprint density at radius 1 is 1.22 bits per heavy atom. The second kappa shape index (κ2) is 6.08. The molecule has 1 N–H and O–H groups in total. The molecule has 120 valence electrons. The van der Waals surface area contributed by atoms with Crippen molar-refractivity contribution in [2.45, 2.75) is 20.4 Å². The van der Waals surface area contributed by atoms with E-state index in [1.807, 2.05) is 19.2 Å². The van der Waals surface area contributed by atoms with Crippen molar-refractivity contribution >= 4 is 26.7 Å². The van der Waals surface area contributed by atoms with Crippen LogP contribution in [0.3, 0.4) is 0 Å². The van der Waals surface area contributed by atoms with Gasteiger partial charge in [0.15, 0.2) is 16.6 Å². The normalized spacial score (nSPS) is 11.0. The third-order valence-electron chi connectivity index (χ3n) is 4.06. The third-order valence-corrected chi connectivity index (χ3v) is 5.20. The molecule has 0 aliphatic rings. The minimum absolute atomic E-state index is 0.157. The zero-order valence-corrected chi connectivity index (χ0v) is 14.6. The fourth-order valence-corrected chi connectivity index (χ4v) is 3.52. The molecule has 0 unspecified atom stereocenters.